The van der Waals surface area contributed by atoms with Gasteiger partial charge in [0.1, 0.15) is 0 Å². The van der Waals surface area contributed by atoms with Crippen molar-refractivity contribution in [2.75, 3.05) is 13.7 Å². The first-order valence-electron chi connectivity index (χ1n) is 7.38. The number of rotatable bonds is 6. The van der Waals surface area contributed by atoms with Gasteiger partial charge < -0.3 is 14.2 Å². The summed E-state index contributed by atoms with van der Waals surface area (Å²) in [6.45, 7) is 2.26. The molecule has 0 atom stereocenters. The van der Waals surface area contributed by atoms with Crippen molar-refractivity contribution >= 4 is 27.9 Å². The van der Waals surface area contributed by atoms with Gasteiger partial charge in [-0.15, -0.1) is 0 Å². The Morgan fingerprint density at radius 2 is 1.62 bits per heavy atom. The lowest BCUT2D eigenvalue weighted by molar-refractivity contribution is 0.0504. The zero-order valence-electron chi connectivity index (χ0n) is 13.4. The summed E-state index contributed by atoms with van der Waals surface area (Å²) in [6, 6.07) is 11.3. The van der Waals surface area contributed by atoms with Crippen molar-refractivity contribution < 1.29 is 23.8 Å². The van der Waals surface area contributed by atoms with Gasteiger partial charge in [-0.1, -0.05) is 22.9 Å². The fraction of sp³-hybridized carbons (Fsp3) is 0.222. The maximum absolute atomic E-state index is 12.2. The quantitative estimate of drug-likeness (QED) is 0.543. The first-order valence-corrected chi connectivity index (χ1v) is 8.17. The Labute approximate surface area is 148 Å². The van der Waals surface area contributed by atoms with Gasteiger partial charge in [-0.05, 0) is 48.9 Å². The Bertz CT molecular complexity index is 725. The number of esters is 2. The van der Waals surface area contributed by atoms with Crippen LogP contribution in [0.5, 0.6) is 11.5 Å². The highest BCUT2D eigenvalue weighted by molar-refractivity contribution is 9.10. The molecule has 0 amide bonds. The number of ether oxygens (including phenoxy) is 3. The molecule has 0 aliphatic heterocycles. The van der Waals surface area contributed by atoms with Crippen LogP contribution in [0.15, 0.2) is 46.9 Å². The van der Waals surface area contributed by atoms with E-state index in [4.69, 9.17) is 14.2 Å². The molecule has 0 fully saturated rings. The molecule has 0 bridgehead atoms. The van der Waals surface area contributed by atoms with E-state index < -0.39 is 11.9 Å². The monoisotopic (exact) mass is 392 g/mol. The summed E-state index contributed by atoms with van der Waals surface area (Å²) in [6.07, 6.45) is 0.742. The van der Waals surface area contributed by atoms with Gasteiger partial charge >= 0.3 is 11.9 Å². The molecule has 0 saturated heterocycles. The number of carbonyl (C=O) groups is 2. The molecule has 24 heavy (non-hydrogen) atoms. The molecule has 0 N–H and O–H groups in total. The molecule has 0 unspecified atom stereocenters. The van der Waals surface area contributed by atoms with Crippen LogP contribution >= 0.6 is 15.9 Å². The molecule has 2 aromatic carbocycles. The van der Waals surface area contributed by atoms with Gasteiger partial charge in [0, 0.05) is 4.47 Å². The Morgan fingerprint density at radius 1 is 0.958 bits per heavy atom. The van der Waals surface area contributed by atoms with Crippen molar-refractivity contribution in [2.45, 2.75) is 13.3 Å². The van der Waals surface area contributed by atoms with Gasteiger partial charge in [0.2, 0.25) is 0 Å². The van der Waals surface area contributed by atoms with E-state index in [0.29, 0.717) is 17.7 Å². The molecule has 5 nitrogen and oxygen atoms in total. The number of hydrogen-bond acceptors (Lipinski definition) is 5. The molecule has 126 valence electrons. The first-order chi connectivity index (χ1) is 11.5. The van der Waals surface area contributed by atoms with Crippen LogP contribution in [0.25, 0.3) is 0 Å². The third-order valence-electron chi connectivity index (χ3n) is 3.12. The van der Waals surface area contributed by atoms with E-state index in [1.54, 1.807) is 24.3 Å². The van der Waals surface area contributed by atoms with Gasteiger partial charge in [-0.3, -0.25) is 0 Å². The molecule has 0 aliphatic carbocycles. The van der Waals surface area contributed by atoms with E-state index in [-0.39, 0.29) is 11.5 Å². The number of hydrogen-bond donors (Lipinski definition) is 0. The second-order valence-electron chi connectivity index (χ2n) is 4.90. The fourth-order valence-corrected chi connectivity index (χ4v) is 2.17. The SMILES string of the molecule is CCCOC(=O)c1ccc(OC(=O)c2ccc(Br)cc2)c(OC)c1. The molecule has 0 aromatic heterocycles. The summed E-state index contributed by atoms with van der Waals surface area (Å²) >= 11 is 3.31. The maximum Gasteiger partial charge on any atom is 0.343 e. The van der Waals surface area contributed by atoms with E-state index in [1.807, 2.05) is 6.92 Å². The zero-order chi connectivity index (χ0) is 17.5. The third kappa shape index (κ3) is 4.58. The second-order valence-corrected chi connectivity index (χ2v) is 5.81. The van der Waals surface area contributed by atoms with Gasteiger partial charge in [0.15, 0.2) is 11.5 Å². The minimum absolute atomic E-state index is 0.234. The molecule has 6 heteroatoms. The van der Waals surface area contributed by atoms with E-state index in [1.165, 1.54) is 25.3 Å². The lowest BCUT2D eigenvalue weighted by atomic mass is 10.2. The molecule has 0 aliphatic rings. The van der Waals surface area contributed by atoms with Gasteiger partial charge in [-0.2, -0.15) is 0 Å². The molecule has 0 saturated carbocycles. The van der Waals surface area contributed by atoms with E-state index in [9.17, 15) is 9.59 Å². The molecule has 2 rings (SSSR count). The second kappa shape index (κ2) is 8.49. The van der Waals surface area contributed by atoms with Crippen LogP contribution < -0.4 is 9.47 Å². The fourth-order valence-electron chi connectivity index (χ4n) is 1.90. The predicted molar refractivity (Wildman–Crippen MR) is 92.7 cm³/mol. The van der Waals surface area contributed by atoms with Crippen LogP contribution in [0.1, 0.15) is 34.1 Å². The van der Waals surface area contributed by atoms with Crippen LogP contribution in [-0.2, 0) is 4.74 Å². The van der Waals surface area contributed by atoms with Crippen LogP contribution in [0.3, 0.4) is 0 Å². The lowest BCUT2D eigenvalue weighted by Gasteiger charge is -2.11. The third-order valence-corrected chi connectivity index (χ3v) is 3.65. The van der Waals surface area contributed by atoms with Crippen LogP contribution in [0, 0.1) is 0 Å². The predicted octanol–water partition coefficient (Wildman–Crippen LogP) is 4.24. The minimum Gasteiger partial charge on any atom is -0.493 e. The molecular formula is C18H17BrO5. The molecule has 0 radical (unpaired) electrons. The maximum atomic E-state index is 12.2. The van der Waals surface area contributed by atoms with Crippen LogP contribution in [0.4, 0.5) is 0 Å². The normalized spacial score (nSPS) is 10.1. The van der Waals surface area contributed by atoms with Crippen molar-refractivity contribution in [3.05, 3.63) is 58.1 Å². The van der Waals surface area contributed by atoms with Crippen molar-refractivity contribution in [1.82, 2.24) is 0 Å². The topological polar surface area (TPSA) is 61.8 Å². The number of carbonyl (C=O) groups excluding carboxylic acids is 2. The summed E-state index contributed by atoms with van der Waals surface area (Å²) in [5.74, 6) is -0.438. The van der Waals surface area contributed by atoms with Crippen molar-refractivity contribution in [1.29, 1.82) is 0 Å². The van der Waals surface area contributed by atoms with Crippen molar-refractivity contribution in [3.8, 4) is 11.5 Å². The van der Waals surface area contributed by atoms with Crippen LogP contribution in [0.2, 0.25) is 0 Å². The number of benzene rings is 2. The molecule has 0 spiro atoms. The Kier molecular flexibility index (Phi) is 6.37. The minimum atomic E-state index is -0.512. The average molecular weight is 393 g/mol. The van der Waals surface area contributed by atoms with E-state index in [2.05, 4.69) is 15.9 Å². The highest BCUT2D eigenvalue weighted by Crippen LogP contribution is 2.29. The number of methoxy groups -OCH3 is 1. The molecule has 2 aromatic rings. The first kappa shape index (κ1) is 18.0. The van der Waals surface area contributed by atoms with E-state index in [0.717, 1.165) is 10.9 Å². The smallest absolute Gasteiger partial charge is 0.343 e. The summed E-state index contributed by atoms with van der Waals surface area (Å²) < 4.78 is 16.5. The van der Waals surface area contributed by atoms with Gasteiger partial charge in [0.05, 0.1) is 24.8 Å². The summed E-state index contributed by atoms with van der Waals surface area (Å²) in [5, 5.41) is 0. The standard InChI is InChI=1S/C18H17BrO5/c1-3-10-23-17(20)13-6-9-15(16(11-13)22-2)24-18(21)12-4-7-14(19)8-5-12/h4-9,11H,3,10H2,1-2H3. The average Bonchev–Trinajstić information content (AvgIpc) is 2.60. The van der Waals surface area contributed by atoms with Crippen molar-refractivity contribution in [3.63, 3.8) is 0 Å². The summed E-state index contributed by atoms with van der Waals surface area (Å²) in [5.41, 5.74) is 0.746. The molecule has 0 heterocycles. The zero-order valence-corrected chi connectivity index (χ0v) is 15.0. The lowest BCUT2D eigenvalue weighted by Crippen LogP contribution is -2.10. The van der Waals surface area contributed by atoms with Gasteiger partial charge in [0.25, 0.3) is 0 Å². The Hall–Kier alpha value is -2.34. The Morgan fingerprint density at radius 3 is 2.25 bits per heavy atom. The highest BCUT2D eigenvalue weighted by atomic mass is 79.9. The molecular weight excluding hydrogens is 376 g/mol. The van der Waals surface area contributed by atoms with Gasteiger partial charge in [-0.25, -0.2) is 9.59 Å². The van der Waals surface area contributed by atoms with Crippen LogP contribution in [-0.4, -0.2) is 25.7 Å². The largest absolute Gasteiger partial charge is 0.493 e. The number of halogens is 1. The summed E-state index contributed by atoms with van der Waals surface area (Å²) in [7, 11) is 1.44. The Balaban J connectivity index is 2.16. The van der Waals surface area contributed by atoms with Crippen molar-refractivity contribution in [2.24, 2.45) is 0 Å². The highest BCUT2D eigenvalue weighted by Gasteiger charge is 2.15. The summed E-state index contributed by atoms with van der Waals surface area (Å²) in [4.78, 5) is 24.0. The van der Waals surface area contributed by atoms with E-state index >= 15 is 0 Å².